The maximum absolute atomic E-state index is 5.83. The molecule has 0 bridgehead atoms. The summed E-state index contributed by atoms with van der Waals surface area (Å²) in [5, 5.41) is 0.594. The largest absolute Gasteiger partial charge is 0.241 e. The third-order valence-corrected chi connectivity index (χ3v) is 2.58. The van der Waals surface area contributed by atoms with Crippen LogP contribution in [0.25, 0.3) is 0 Å². The molecule has 0 amide bonds. The van der Waals surface area contributed by atoms with Gasteiger partial charge in [0.05, 0.1) is 0 Å². The number of rotatable bonds is 1. The molecule has 0 fully saturated rings. The predicted octanol–water partition coefficient (Wildman–Crippen LogP) is 3.56. The summed E-state index contributed by atoms with van der Waals surface area (Å²) in [5.41, 5.74) is 1.10. The second kappa shape index (κ2) is 3.93. The van der Waals surface area contributed by atoms with Crippen molar-refractivity contribution in [2.45, 2.75) is 25.2 Å². The Bertz CT molecular complexity index is 320. The van der Waals surface area contributed by atoms with E-state index in [1.165, 1.54) is 19.3 Å². The van der Waals surface area contributed by atoms with E-state index in [-0.39, 0.29) is 0 Å². The van der Waals surface area contributed by atoms with Gasteiger partial charge < -0.3 is 0 Å². The monoisotopic (exact) mass is 193 g/mol. The molecule has 0 aromatic carbocycles. The minimum Gasteiger partial charge on any atom is -0.241 e. The summed E-state index contributed by atoms with van der Waals surface area (Å²) in [6.07, 6.45) is 8.13. The molecule has 0 radical (unpaired) electrons. The number of halogens is 1. The molecule has 0 spiro atoms. The molecular weight excluding hydrogens is 182 g/mol. The number of nitrogens with zero attached hydrogens (tertiary/aromatic N) is 1. The summed E-state index contributed by atoms with van der Waals surface area (Å²) < 4.78 is 0. The fourth-order valence-electron chi connectivity index (χ4n) is 1.69. The van der Waals surface area contributed by atoms with Crippen molar-refractivity contribution in [3.8, 4) is 0 Å². The van der Waals surface area contributed by atoms with Crippen molar-refractivity contribution in [1.29, 1.82) is 0 Å². The molecule has 1 heterocycles. The molecule has 1 aromatic rings. The van der Waals surface area contributed by atoms with Crippen molar-refractivity contribution in [3.05, 3.63) is 41.2 Å². The average Bonchev–Trinajstić information content (AvgIpc) is 2.19. The van der Waals surface area contributed by atoms with E-state index in [4.69, 9.17) is 11.6 Å². The second-order valence-corrected chi connectivity index (χ2v) is 3.74. The minimum absolute atomic E-state index is 0.479. The highest BCUT2D eigenvalue weighted by Crippen LogP contribution is 2.26. The highest BCUT2D eigenvalue weighted by molar-refractivity contribution is 6.29. The summed E-state index contributed by atoms with van der Waals surface area (Å²) >= 11 is 5.83. The van der Waals surface area contributed by atoms with Gasteiger partial charge in [-0.1, -0.05) is 29.8 Å². The van der Waals surface area contributed by atoms with Gasteiger partial charge >= 0.3 is 0 Å². The zero-order chi connectivity index (χ0) is 9.10. The van der Waals surface area contributed by atoms with Gasteiger partial charge in [0.15, 0.2) is 0 Å². The second-order valence-electron chi connectivity index (χ2n) is 3.35. The van der Waals surface area contributed by atoms with Gasteiger partial charge in [-0.3, -0.25) is 0 Å². The maximum Gasteiger partial charge on any atom is 0.129 e. The van der Waals surface area contributed by atoms with E-state index < -0.39 is 0 Å². The third kappa shape index (κ3) is 2.10. The molecule has 2 heteroatoms. The number of hydrogen-bond donors (Lipinski definition) is 0. The predicted molar refractivity (Wildman–Crippen MR) is 55.0 cm³/mol. The van der Waals surface area contributed by atoms with Crippen LogP contribution in [0.2, 0.25) is 5.15 Å². The van der Waals surface area contributed by atoms with Crippen molar-refractivity contribution in [3.63, 3.8) is 0 Å². The molecule has 0 aliphatic heterocycles. The Kier molecular flexibility index (Phi) is 2.65. The summed E-state index contributed by atoms with van der Waals surface area (Å²) in [6, 6.07) is 5.83. The fourth-order valence-corrected chi connectivity index (χ4v) is 1.86. The van der Waals surface area contributed by atoms with E-state index >= 15 is 0 Å². The Hall–Kier alpha value is -0.820. The Balaban J connectivity index is 2.24. The molecule has 1 nitrogen and oxygen atoms in total. The first kappa shape index (κ1) is 8.76. The van der Waals surface area contributed by atoms with Crippen LogP contribution in [0.5, 0.6) is 0 Å². The minimum atomic E-state index is 0.479. The van der Waals surface area contributed by atoms with Crippen LogP contribution in [0.15, 0.2) is 30.4 Å². The van der Waals surface area contributed by atoms with Crippen LogP contribution in [0.4, 0.5) is 0 Å². The van der Waals surface area contributed by atoms with Crippen LogP contribution in [-0.4, -0.2) is 4.98 Å². The zero-order valence-corrected chi connectivity index (χ0v) is 8.17. The molecule has 1 atom stereocenters. The quantitative estimate of drug-likeness (QED) is 0.491. The highest BCUT2D eigenvalue weighted by Gasteiger charge is 2.11. The first-order valence-electron chi connectivity index (χ1n) is 4.65. The number of pyridine rings is 1. The van der Waals surface area contributed by atoms with Crippen molar-refractivity contribution in [1.82, 2.24) is 4.98 Å². The Labute approximate surface area is 83.4 Å². The highest BCUT2D eigenvalue weighted by atomic mass is 35.5. The molecule has 2 rings (SSSR count). The lowest BCUT2D eigenvalue weighted by Crippen LogP contribution is -2.01. The molecule has 1 aromatic heterocycles. The smallest absolute Gasteiger partial charge is 0.129 e. The molecule has 0 saturated heterocycles. The van der Waals surface area contributed by atoms with Crippen LogP contribution in [-0.2, 0) is 0 Å². The fraction of sp³-hybridized carbons (Fsp3) is 0.364. The summed E-state index contributed by atoms with van der Waals surface area (Å²) in [5.74, 6) is 0.479. The first-order valence-corrected chi connectivity index (χ1v) is 5.03. The van der Waals surface area contributed by atoms with Gasteiger partial charge in [-0.2, -0.15) is 0 Å². The van der Waals surface area contributed by atoms with Crippen LogP contribution < -0.4 is 0 Å². The van der Waals surface area contributed by atoms with Crippen LogP contribution in [0, 0.1) is 0 Å². The number of hydrogen-bond acceptors (Lipinski definition) is 1. The van der Waals surface area contributed by atoms with Gasteiger partial charge in [-0.25, -0.2) is 4.98 Å². The molecule has 1 unspecified atom stereocenters. The lowest BCUT2D eigenvalue weighted by Gasteiger charge is -2.15. The molecule has 1 aliphatic rings. The SMILES string of the molecule is Clc1cccc(C2C=CCCC2)n1. The van der Waals surface area contributed by atoms with E-state index in [1.54, 1.807) is 0 Å². The van der Waals surface area contributed by atoms with Gasteiger partial charge in [0.2, 0.25) is 0 Å². The van der Waals surface area contributed by atoms with E-state index in [1.807, 2.05) is 18.2 Å². The summed E-state index contributed by atoms with van der Waals surface area (Å²) in [7, 11) is 0. The van der Waals surface area contributed by atoms with Crippen molar-refractivity contribution >= 4 is 11.6 Å². The molecule has 13 heavy (non-hydrogen) atoms. The molecule has 0 N–H and O–H groups in total. The van der Waals surface area contributed by atoms with Gasteiger partial charge in [0, 0.05) is 11.6 Å². The van der Waals surface area contributed by atoms with E-state index in [0.29, 0.717) is 11.1 Å². The number of allylic oxidation sites excluding steroid dienone is 2. The topological polar surface area (TPSA) is 12.9 Å². The van der Waals surface area contributed by atoms with Crippen LogP contribution >= 0.6 is 11.6 Å². The third-order valence-electron chi connectivity index (χ3n) is 2.37. The molecule has 68 valence electrons. The zero-order valence-electron chi connectivity index (χ0n) is 7.41. The normalized spacial score (nSPS) is 21.8. The first-order chi connectivity index (χ1) is 6.36. The van der Waals surface area contributed by atoms with E-state index in [2.05, 4.69) is 17.1 Å². The molecular formula is C11H12ClN. The Morgan fingerprint density at radius 3 is 3.00 bits per heavy atom. The molecule has 1 aliphatic carbocycles. The average molecular weight is 194 g/mol. The van der Waals surface area contributed by atoms with Crippen molar-refractivity contribution in [2.75, 3.05) is 0 Å². The van der Waals surface area contributed by atoms with Gasteiger partial charge in [-0.15, -0.1) is 0 Å². The van der Waals surface area contributed by atoms with Gasteiger partial charge in [0.1, 0.15) is 5.15 Å². The van der Waals surface area contributed by atoms with E-state index in [9.17, 15) is 0 Å². The lowest BCUT2D eigenvalue weighted by molar-refractivity contribution is 0.641. The number of aromatic nitrogens is 1. The summed E-state index contributed by atoms with van der Waals surface area (Å²) in [6.45, 7) is 0. The maximum atomic E-state index is 5.83. The summed E-state index contributed by atoms with van der Waals surface area (Å²) in [4.78, 5) is 4.31. The Morgan fingerprint density at radius 2 is 2.31 bits per heavy atom. The van der Waals surface area contributed by atoms with Gasteiger partial charge in [-0.05, 0) is 31.4 Å². The van der Waals surface area contributed by atoms with Crippen molar-refractivity contribution < 1.29 is 0 Å². The van der Waals surface area contributed by atoms with E-state index in [0.717, 1.165) is 5.69 Å². The lowest BCUT2D eigenvalue weighted by atomic mass is 9.93. The van der Waals surface area contributed by atoms with Crippen LogP contribution in [0.3, 0.4) is 0 Å². The molecule has 0 saturated carbocycles. The van der Waals surface area contributed by atoms with Crippen LogP contribution in [0.1, 0.15) is 30.9 Å². The standard InChI is InChI=1S/C11H12ClN/c12-11-8-4-7-10(13-11)9-5-2-1-3-6-9/h2,4-5,7-9H,1,3,6H2. The van der Waals surface area contributed by atoms with Crippen molar-refractivity contribution in [2.24, 2.45) is 0 Å². The Morgan fingerprint density at radius 1 is 1.38 bits per heavy atom. The van der Waals surface area contributed by atoms with Gasteiger partial charge in [0.25, 0.3) is 0 Å².